The van der Waals surface area contributed by atoms with Gasteiger partial charge in [0.15, 0.2) is 0 Å². The van der Waals surface area contributed by atoms with E-state index in [2.05, 4.69) is 36.2 Å². The number of allylic oxidation sites excluding steroid dienone is 1. The van der Waals surface area contributed by atoms with E-state index in [1.807, 2.05) is 72.8 Å². The Labute approximate surface area is 155 Å². The van der Waals surface area contributed by atoms with Crippen LogP contribution in [0.25, 0.3) is 0 Å². The average Bonchev–Trinajstić information content (AvgIpc) is 2.72. The van der Waals surface area contributed by atoms with Gasteiger partial charge in [-0.15, -0.1) is 6.58 Å². The molecule has 130 valence electrons. The molecule has 0 saturated heterocycles. The van der Waals surface area contributed by atoms with E-state index in [9.17, 15) is 4.79 Å². The zero-order valence-corrected chi connectivity index (χ0v) is 14.7. The highest BCUT2D eigenvalue weighted by molar-refractivity contribution is 5.94. The van der Waals surface area contributed by atoms with Crippen molar-refractivity contribution in [1.82, 2.24) is 5.32 Å². The number of carbonyl (C=O) groups is 1. The zero-order valence-electron chi connectivity index (χ0n) is 14.7. The Balaban J connectivity index is 1.97. The summed E-state index contributed by atoms with van der Waals surface area (Å²) in [5.74, 6) is 0.0493. The van der Waals surface area contributed by atoms with Crippen molar-refractivity contribution in [3.8, 4) is 0 Å². The molecule has 0 fully saturated rings. The Kier molecular flexibility index (Phi) is 6.00. The summed E-state index contributed by atoms with van der Waals surface area (Å²) in [6.07, 6.45) is 2.70. The lowest BCUT2D eigenvalue weighted by atomic mass is 9.84. The summed E-state index contributed by atoms with van der Waals surface area (Å²) in [5, 5.41) is 3.25. The van der Waals surface area contributed by atoms with Gasteiger partial charge in [0, 0.05) is 11.5 Å². The van der Waals surface area contributed by atoms with Gasteiger partial charge in [0.1, 0.15) is 0 Å². The van der Waals surface area contributed by atoms with Crippen LogP contribution in [-0.2, 0) is 0 Å². The molecular formula is C24H23NO. The maximum absolute atomic E-state index is 12.8. The van der Waals surface area contributed by atoms with E-state index < -0.39 is 0 Å². The molecule has 26 heavy (non-hydrogen) atoms. The molecule has 0 heterocycles. The van der Waals surface area contributed by atoms with Gasteiger partial charge in [-0.25, -0.2) is 0 Å². The molecule has 0 spiro atoms. The van der Waals surface area contributed by atoms with Crippen molar-refractivity contribution in [1.29, 1.82) is 0 Å². The summed E-state index contributed by atoms with van der Waals surface area (Å²) in [5.41, 5.74) is 2.95. The van der Waals surface area contributed by atoms with Crippen LogP contribution in [0.1, 0.15) is 39.9 Å². The van der Waals surface area contributed by atoms with Gasteiger partial charge in [0.05, 0.1) is 6.04 Å². The van der Waals surface area contributed by atoms with E-state index >= 15 is 0 Å². The third-order valence-corrected chi connectivity index (χ3v) is 4.53. The van der Waals surface area contributed by atoms with Gasteiger partial charge in [-0.05, 0) is 29.7 Å². The normalized spacial score (nSPS) is 12.8. The fourth-order valence-corrected chi connectivity index (χ4v) is 3.24. The quantitative estimate of drug-likeness (QED) is 0.563. The van der Waals surface area contributed by atoms with Crippen LogP contribution in [0.15, 0.2) is 104 Å². The van der Waals surface area contributed by atoms with Crippen LogP contribution < -0.4 is 5.32 Å². The topological polar surface area (TPSA) is 29.1 Å². The second-order valence-corrected chi connectivity index (χ2v) is 6.27. The SMILES string of the molecule is C=CCC(c1ccccc1)C(NC(=O)c1ccccc1)c1ccccc1. The summed E-state index contributed by atoms with van der Waals surface area (Å²) in [6.45, 7) is 3.93. The lowest BCUT2D eigenvalue weighted by molar-refractivity contribution is 0.0930. The first kappa shape index (κ1) is 17.7. The maximum Gasteiger partial charge on any atom is 0.251 e. The number of rotatable bonds is 7. The van der Waals surface area contributed by atoms with Crippen molar-refractivity contribution >= 4 is 5.91 Å². The van der Waals surface area contributed by atoms with E-state index in [0.29, 0.717) is 5.56 Å². The van der Waals surface area contributed by atoms with Gasteiger partial charge in [0.2, 0.25) is 0 Å². The van der Waals surface area contributed by atoms with Crippen LogP contribution >= 0.6 is 0 Å². The Bertz CT molecular complexity index is 828. The molecule has 3 aromatic rings. The first-order valence-electron chi connectivity index (χ1n) is 8.86. The molecule has 2 atom stereocenters. The van der Waals surface area contributed by atoms with Crippen LogP contribution in [0.4, 0.5) is 0 Å². The molecule has 3 rings (SSSR count). The fourth-order valence-electron chi connectivity index (χ4n) is 3.24. The van der Waals surface area contributed by atoms with Crippen molar-refractivity contribution < 1.29 is 4.79 Å². The van der Waals surface area contributed by atoms with Crippen LogP contribution in [0.2, 0.25) is 0 Å². The molecule has 0 bridgehead atoms. The molecule has 0 aliphatic heterocycles. The largest absolute Gasteiger partial charge is 0.345 e. The smallest absolute Gasteiger partial charge is 0.251 e. The van der Waals surface area contributed by atoms with Crippen molar-refractivity contribution in [3.63, 3.8) is 0 Å². The minimum absolute atomic E-state index is 0.0653. The second-order valence-electron chi connectivity index (χ2n) is 6.27. The van der Waals surface area contributed by atoms with Gasteiger partial charge in [-0.3, -0.25) is 4.79 Å². The standard InChI is InChI=1S/C24H23NO/c1-2-12-22(19-13-6-3-7-14-19)23(20-15-8-4-9-16-20)25-24(26)21-17-10-5-11-18-21/h2-11,13-18,22-23H,1,12H2,(H,25,26). The number of hydrogen-bond acceptors (Lipinski definition) is 1. The highest BCUT2D eigenvalue weighted by Crippen LogP contribution is 2.34. The third-order valence-electron chi connectivity index (χ3n) is 4.53. The Hall–Kier alpha value is -3.13. The third kappa shape index (κ3) is 4.28. The summed E-state index contributed by atoms with van der Waals surface area (Å²) < 4.78 is 0. The van der Waals surface area contributed by atoms with Crippen molar-refractivity contribution in [3.05, 3.63) is 120 Å². The van der Waals surface area contributed by atoms with E-state index in [4.69, 9.17) is 0 Å². The molecule has 3 aromatic carbocycles. The number of benzene rings is 3. The van der Waals surface area contributed by atoms with E-state index in [1.54, 1.807) is 0 Å². The molecule has 0 aromatic heterocycles. The Morgan fingerprint density at radius 2 is 1.31 bits per heavy atom. The number of amides is 1. The van der Waals surface area contributed by atoms with Gasteiger partial charge in [0.25, 0.3) is 5.91 Å². The van der Waals surface area contributed by atoms with E-state index in [-0.39, 0.29) is 17.9 Å². The van der Waals surface area contributed by atoms with Crippen molar-refractivity contribution in [2.75, 3.05) is 0 Å². The lowest BCUT2D eigenvalue weighted by Crippen LogP contribution is -2.32. The van der Waals surface area contributed by atoms with Crippen LogP contribution in [0.3, 0.4) is 0 Å². The highest BCUT2D eigenvalue weighted by Gasteiger charge is 2.25. The fraction of sp³-hybridized carbons (Fsp3) is 0.125. The van der Waals surface area contributed by atoms with E-state index in [1.165, 1.54) is 5.56 Å². The number of hydrogen-bond donors (Lipinski definition) is 1. The predicted octanol–water partition coefficient (Wildman–Crippen LogP) is 5.52. The van der Waals surface area contributed by atoms with Gasteiger partial charge in [-0.1, -0.05) is 84.9 Å². The molecule has 0 radical (unpaired) electrons. The minimum Gasteiger partial charge on any atom is -0.345 e. The van der Waals surface area contributed by atoms with Crippen molar-refractivity contribution in [2.45, 2.75) is 18.4 Å². The lowest BCUT2D eigenvalue weighted by Gasteiger charge is -2.28. The summed E-state index contributed by atoms with van der Waals surface area (Å²) in [4.78, 5) is 12.8. The molecule has 1 N–H and O–H groups in total. The van der Waals surface area contributed by atoms with Crippen molar-refractivity contribution in [2.24, 2.45) is 0 Å². The Morgan fingerprint density at radius 1 is 0.808 bits per heavy atom. The molecule has 0 saturated carbocycles. The van der Waals surface area contributed by atoms with Gasteiger partial charge >= 0.3 is 0 Å². The monoisotopic (exact) mass is 341 g/mol. The molecule has 0 aliphatic rings. The maximum atomic E-state index is 12.8. The molecule has 2 unspecified atom stereocenters. The molecule has 1 amide bonds. The molecule has 2 heteroatoms. The first-order chi connectivity index (χ1) is 12.8. The molecule has 2 nitrogen and oxygen atoms in total. The predicted molar refractivity (Wildman–Crippen MR) is 107 cm³/mol. The average molecular weight is 341 g/mol. The number of carbonyl (C=O) groups excluding carboxylic acids is 1. The summed E-state index contributed by atoms with van der Waals surface area (Å²) in [7, 11) is 0. The van der Waals surface area contributed by atoms with Crippen LogP contribution in [0, 0.1) is 0 Å². The van der Waals surface area contributed by atoms with Gasteiger partial charge < -0.3 is 5.32 Å². The second kappa shape index (κ2) is 8.82. The van der Waals surface area contributed by atoms with Crippen LogP contribution in [0.5, 0.6) is 0 Å². The van der Waals surface area contributed by atoms with Crippen LogP contribution in [-0.4, -0.2) is 5.91 Å². The highest BCUT2D eigenvalue weighted by atomic mass is 16.1. The molecule has 0 aliphatic carbocycles. The summed E-state index contributed by atoms with van der Waals surface area (Å²) in [6, 6.07) is 29.6. The first-order valence-corrected chi connectivity index (χ1v) is 8.86. The molecular weight excluding hydrogens is 318 g/mol. The zero-order chi connectivity index (χ0) is 18.2. The summed E-state index contributed by atoms with van der Waals surface area (Å²) >= 11 is 0. The van der Waals surface area contributed by atoms with E-state index in [0.717, 1.165) is 12.0 Å². The van der Waals surface area contributed by atoms with Gasteiger partial charge in [-0.2, -0.15) is 0 Å². The Morgan fingerprint density at radius 3 is 1.85 bits per heavy atom. The minimum atomic E-state index is -0.135. The number of nitrogens with one attached hydrogen (secondary N) is 1.